The van der Waals surface area contributed by atoms with Gasteiger partial charge in [-0.1, -0.05) is 18.9 Å². The van der Waals surface area contributed by atoms with E-state index in [0.717, 1.165) is 0 Å². The number of unbranched alkanes of at least 4 members (excludes halogenated alkanes) is 1. The van der Waals surface area contributed by atoms with Crippen LogP contribution in [-0.2, 0) is 0 Å². The van der Waals surface area contributed by atoms with Crippen molar-refractivity contribution in [3.63, 3.8) is 0 Å². The highest BCUT2D eigenvalue weighted by atomic mass is 32.1. The van der Waals surface area contributed by atoms with Crippen LogP contribution in [0.5, 0.6) is 0 Å². The number of rotatable bonds is 3. The first kappa shape index (κ1) is 8.09. The molecule has 0 aromatic rings. The zero-order valence-electron chi connectivity index (χ0n) is 5.65. The molecule has 0 saturated carbocycles. The van der Waals surface area contributed by atoms with Crippen LogP contribution in [0.25, 0.3) is 0 Å². The van der Waals surface area contributed by atoms with Crippen molar-refractivity contribution in [1.82, 2.24) is 0 Å². The van der Waals surface area contributed by atoms with Gasteiger partial charge in [-0.05, 0) is 25.2 Å². The molecule has 0 atom stereocenters. The largest absolute Gasteiger partial charge is 0.151 e. The molecule has 0 amide bonds. The Hall–Kier alpha value is 0.0900. The molecule has 0 bridgehead atoms. The molecular formula is C7H14S. The van der Waals surface area contributed by atoms with Crippen molar-refractivity contribution in [2.75, 3.05) is 0 Å². The van der Waals surface area contributed by atoms with Gasteiger partial charge in [0.15, 0.2) is 0 Å². The van der Waals surface area contributed by atoms with Crippen LogP contribution in [0.2, 0.25) is 0 Å². The van der Waals surface area contributed by atoms with Crippen molar-refractivity contribution in [2.45, 2.75) is 33.1 Å². The lowest BCUT2D eigenvalue weighted by molar-refractivity contribution is 0.789. The third-order valence-corrected chi connectivity index (χ3v) is 1.59. The molecular weight excluding hydrogens is 116 g/mol. The summed E-state index contributed by atoms with van der Waals surface area (Å²) < 4.78 is 0. The van der Waals surface area contributed by atoms with Crippen LogP contribution in [0, 0.1) is 0 Å². The summed E-state index contributed by atoms with van der Waals surface area (Å²) in [5.74, 6) is 0. The fraction of sp³-hybridized carbons (Fsp3) is 0.714. The van der Waals surface area contributed by atoms with Crippen LogP contribution in [0.4, 0.5) is 0 Å². The minimum absolute atomic E-state index is 1.21. The summed E-state index contributed by atoms with van der Waals surface area (Å²) >= 11 is 4.03. The Morgan fingerprint density at radius 2 is 2.25 bits per heavy atom. The lowest BCUT2D eigenvalue weighted by atomic mass is 10.2. The van der Waals surface area contributed by atoms with Crippen LogP contribution >= 0.6 is 12.6 Å². The van der Waals surface area contributed by atoms with Gasteiger partial charge in [0.1, 0.15) is 0 Å². The molecule has 0 aliphatic heterocycles. The van der Waals surface area contributed by atoms with Gasteiger partial charge < -0.3 is 0 Å². The van der Waals surface area contributed by atoms with Crippen molar-refractivity contribution in [3.05, 3.63) is 11.0 Å². The van der Waals surface area contributed by atoms with Gasteiger partial charge in [0.25, 0.3) is 0 Å². The molecule has 0 aromatic carbocycles. The number of thiol groups is 1. The van der Waals surface area contributed by atoms with Gasteiger partial charge in [0.2, 0.25) is 0 Å². The number of hydrogen-bond donors (Lipinski definition) is 1. The molecule has 0 unspecified atom stereocenters. The summed E-state index contributed by atoms with van der Waals surface area (Å²) in [5, 5.41) is 1.88. The molecule has 0 spiro atoms. The summed E-state index contributed by atoms with van der Waals surface area (Å²) in [5.41, 5.74) is 1.38. The van der Waals surface area contributed by atoms with Gasteiger partial charge in [-0.2, -0.15) is 12.6 Å². The molecule has 0 aliphatic rings. The molecule has 0 fully saturated rings. The zero-order chi connectivity index (χ0) is 6.41. The van der Waals surface area contributed by atoms with Crippen LogP contribution < -0.4 is 0 Å². The van der Waals surface area contributed by atoms with Crippen molar-refractivity contribution >= 4 is 12.6 Å². The van der Waals surface area contributed by atoms with E-state index in [1.54, 1.807) is 0 Å². The van der Waals surface area contributed by atoms with E-state index < -0.39 is 0 Å². The van der Waals surface area contributed by atoms with Crippen molar-refractivity contribution < 1.29 is 0 Å². The van der Waals surface area contributed by atoms with Crippen molar-refractivity contribution in [1.29, 1.82) is 0 Å². The summed E-state index contributed by atoms with van der Waals surface area (Å²) in [6, 6.07) is 0. The Morgan fingerprint density at radius 3 is 2.62 bits per heavy atom. The van der Waals surface area contributed by atoms with Gasteiger partial charge in [-0.15, -0.1) is 0 Å². The Labute approximate surface area is 57.4 Å². The number of hydrogen-bond acceptors (Lipinski definition) is 1. The predicted molar refractivity (Wildman–Crippen MR) is 42.3 cm³/mol. The lowest BCUT2D eigenvalue weighted by Crippen LogP contribution is -1.73. The first-order chi connectivity index (χ1) is 3.81. The molecule has 1 heteroatoms. The SMILES string of the molecule is CCCC/C(C)=C\S. The van der Waals surface area contributed by atoms with E-state index in [1.165, 1.54) is 24.8 Å². The highest BCUT2D eigenvalue weighted by Crippen LogP contribution is 2.05. The van der Waals surface area contributed by atoms with Gasteiger partial charge in [-0.3, -0.25) is 0 Å². The highest BCUT2D eigenvalue weighted by molar-refractivity contribution is 7.83. The summed E-state index contributed by atoms with van der Waals surface area (Å²) in [6.45, 7) is 4.31. The maximum atomic E-state index is 4.03. The third-order valence-electron chi connectivity index (χ3n) is 1.15. The van der Waals surface area contributed by atoms with Crippen molar-refractivity contribution in [2.24, 2.45) is 0 Å². The van der Waals surface area contributed by atoms with Crippen molar-refractivity contribution in [3.8, 4) is 0 Å². The molecule has 8 heavy (non-hydrogen) atoms. The second kappa shape index (κ2) is 5.23. The predicted octanol–water partition coefficient (Wildman–Crippen LogP) is 3.01. The van der Waals surface area contributed by atoms with Crippen LogP contribution in [0.1, 0.15) is 33.1 Å². The standard InChI is InChI=1S/C7H14S/c1-3-4-5-7(2)6-8/h6,8H,3-5H2,1-2H3/b7-6-. The first-order valence-electron chi connectivity index (χ1n) is 3.11. The van der Waals surface area contributed by atoms with Gasteiger partial charge in [-0.25, -0.2) is 0 Å². The fourth-order valence-corrected chi connectivity index (χ4v) is 0.649. The van der Waals surface area contributed by atoms with Crippen LogP contribution in [0.3, 0.4) is 0 Å². The van der Waals surface area contributed by atoms with E-state index in [0.29, 0.717) is 0 Å². The molecule has 0 nitrogen and oxygen atoms in total. The van der Waals surface area contributed by atoms with E-state index in [4.69, 9.17) is 0 Å². The molecule has 0 radical (unpaired) electrons. The average Bonchev–Trinajstić information content (AvgIpc) is 1.83. The molecule has 0 aliphatic carbocycles. The summed E-state index contributed by atoms with van der Waals surface area (Å²) in [6.07, 6.45) is 3.78. The molecule has 0 rings (SSSR count). The molecule has 48 valence electrons. The normalized spacial score (nSPS) is 12.1. The first-order valence-corrected chi connectivity index (χ1v) is 3.62. The Bertz CT molecular complexity index is 74.5. The van der Waals surface area contributed by atoms with E-state index in [-0.39, 0.29) is 0 Å². The second-order valence-electron chi connectivity index (χ2n) is 2.08. The highest BCUT2D eigenvalue weighted by Gasteiger charge is 1.84. The maximum Gasteiger partial charge on any atom is -0.0315 e. The molecule has 0 aromatic heterocycles. The molecule has 0 heterocycles. The van der Waals surface area contributed by atoms with E-state index >= 15 is 0 Å². The maximum absolute atomic E-state index is 4.03. The van der Waals surface area contributed by atoms with E-state index in [9.17, 15) is 0 Å². The molecule has 0 saturated heterocycles. The van der Waals surface area contributed by atoms with Gasteiger partial charge in [0.05, 0.1) is 0 Å². The van der Waals surface area contributed by atoms with Crippen LogP contribution in [-0.4, -0.2) is 0 Å². The third kappa shape index (κ3) is 4.25. The zero-order valence-corrected chi connectivity index (χ0v) is 6.54. The number of allylic oxidation sites excluding steroid dienone is 1. The van der Waals surface area contributed by atoms with E-state index in [2.05, 4.69) is 26.5 Å². The van der Waals surface area contributed by atoms with Crippen LogP contribution in [0.15, 0.2) is 11.0 Å². The van der Waals surface area contributed by atoms with E-state index in [1.807, 2.05) is 5.41 Å². The monoisotopic (exact) mass is 130 g/mol. The average molecular weight is 130 g/mol. The van der Waals surface area contributed by atoms with Gasteiger partial charge in [0, 0.05) is 0 Å². The Morgan fingerprint density at radius 1 is 1.62 bits per heavy atom. The second-order valence-corrected chi connectivity index (χ2v) is 2.34. The Balaban J connectivity index is 3.12. The Kier molecular flexibility index (Phi) is 5.29. The fourth-order valence-electron chi connectivity index (χ4n) is 0.520. The summed E-state index contributed by atoms with van der Waals surface area (Å²) in [7, 11) is 0. The summed E-state index contributed by atoms with van der Waals surface area (Å²) in [4.78, 5) is 0. The quantitative estimate of drug-likeness (QED) is 0.558. The topological polar surface area (TPSA) is 0 Å². The smallest absolute Gasteiger partial charge is 0.0315 e. The lowest BCUT2D eigenvalue weighted by Gasteiger charge is -1.94. The molecule has 0 N–H and O–H groups in total. The minimum Gasteiger partial charge on any atom is -0.151 e. The minimum atomic E-state index is 1.21. The van der Waals surface area contributed by atoms with Gasteiger partial charge >= 0.3 is 0 Å².